The summed E-state index contributed by atoms with van der Waals surface area (Å²) in [4.78, 5) is 11.5. The number of rotatable bonds is 5. The number of halogens is 1. The Bertz CT molecular complexity index is 198. The second-order valence-electron chi connectivity index (χ2n) is 4.17. The molecule has 1 fully saturated rings. The van der Waals surface area contributed by atoms with E-state index in [0.29, 0.717) is 0 Å². The Hall–Kier alpha value is 0.0700. The predicted molar refractivity (Wildman–Crippen MR) is 73.4 cm³/mol. The Morgan fingerprint density at radius 2 is 2.38 bits per heavy atom. The van der Waals surface area contributed by atoms with Crippen molar-refractivity contribution >= 4 is 30.1 Å². The third-order valence-electron chi connectivity index (χ3n) is 2.97. The van der Waals surface area contributed by atoms with Crippen LogP contribution in [0.3, 0.4) is 0 Å². The number of hydrogen-bond donors (Lipinski definition) is 2. The Balaban J connectivity index is 0.00000225. The van der Waals surface area contributed by atoms with Crippen molar-refractivity contribution in [3.63, 3.8) is 0 Å². The topological polar surface area (TPSA) is 41.1 Å². The zero-order valence-corrected chi connectivity index (χ0v) is 11.8. The third-order valence-corrected chi connectivity index (χ3v) is 3.89. The summed E-state index contributed by atoms with van der Waals surface area (Å²) < 4.78 is 0. The summed E-state index contributed by atoms with van der Waals surface area (Å²) >= 11 is 1.59. The fraction of sp³-hybridized carbons (Fsp3) is 0.909. The Labute approximate surface area is 109 Å². The molecular weight excluding hydrogens is 244 g/mol. The molecule has 0 bridgehead atoms. The Kier molecular flexibility index (Phi) is 9.18. The second kappa shape index (κ2) is 9.14. The van der Waals surface area contributed by atoms with Crippen molar-refractivity contribution in [2.24, 2.45) is 5.92 Å². The molecule has 0 aliphatic carbocycles. The van der Waals surface area contributed by atoms with Crippen LogP contribution < -0.4 is 10.6 Å². The first kappa shape index (κ1) is 16.1. The summed E-state index contributed by atoms with van der Waals surface area (Å²) in [5.74, 6) is 0.926. The minimum atomic E-state index is 0. The number of hydrogen-bond acceptors (Lipinski definition) is 3. The van der Waals surface area contributed by atoms with Crippen molar-refractivity contribution in [1.29, 1.82) is 0 Å². The van der Waals surface area contributed by atoms with E-state index in [2.05, 4.69) is 10.6 Å². The van der Waals surface area contributed by atoms with E-state index < -0.39 is 0 Å². The highest BCUT2D eigenvalue weighted by Crippen LogP contribution is 2.13. The molecule has 0 radical (unpaired) electrons. The SMILES string of the molecule is CSC(C)C(=O)NCCC1CCCNC1.Cl. The lowest BCUT2D eigenvalue weighted by Crippen LogP contribution is -2.35. The van der Waals surface area contributed by atoms with Gasteiger partial charge in [-0.3, -0.25) is 4.79 Å². The molecular formula is C11H23ClN2OS. The van der Waals surface area contributed by atoms with E-state index in [-0.39, 0.29) is 23.6 Å². The highest BCUT2D eigenvalue weighted by atomic mass is 35.5. The van der Waals surface area contributed by atoms with Crippen LogP contribution in [0.4, 0.5) is 0 Å². The average molecular weight is 267 g/mol. The highest BCUT2D eigenvalue weighted by Gasteiger charge is 2.14. The van der Waals surface area contributed by atoms with Crippen LogP contribution in [0.15, 0.2) is 0 Å². The van der Waals surface area contributed by atoms with Gasteiger partial charge in [0.25, 0.3) is 0 Å². The summed E-state index contributed by atoms with van der Waals surface area (Å²) in [6, 6.07) is 0. The van der Waals surface area contributed by atoms with E-state index in [4.69, 9.17) is 0 Å². The number of piperidine rings is 1. The molecule has 2 unspecified atom stereocenters. The minimum absolute atomic E-state index is 0. The molecule has 96 valence electrons. The molecule has 1 amide bonds. The van der Waals surface area contributed by atoms with E-state index in [9.17, 15) is 4.79 Å². The number of nitrogens with one attached hydrogen (secondary N) is 2. The van der Waals surface area contributed by atoms with E-state index in [1.807, 2.05) is 13.2 Å². The zero-order valence-electron chi connectivity index (χ0n) is 10.1. The fourth-order valence-corrected chi connectivity index (χ4v) is 2.12. The Morgan fingerprint density at radius 3 is 2.94 bits per heavy atom. The number of carbonyl (C=O) groups excluding carboxylic acids is 1. The summed E-state index contributed by atoms with van der Waals surface area (Å²) in [5, 5.41) is 6.46. The molecule has 2 atom stereocenters. The van der Waals surface area contributed by atoms with Gasteiger partial charge in [0.15, 0.2) is 0 Å². The van der Waals surface area contributed by atoms with Gasteiger partial charge in [0.2, 0.25) is 5.91 Å². The molecule has 2 N–H and O–H groups in total. The first-order valence-electron chi connectivity index (χ1n) is 5.75. The summed E-state index contributed by atoms with van der Waals surface area (Å²) in [6.07, 6.45) is 5.66. The number of thioether (sulfide) groups is 1. The molecule has 0 aromatic rings. The van der Waals surface area contributed by atoms with Gasteiger partial charge in [0.05, 0.1) is 5.25 Å². The van der Waals surface area contributed by atoms with Gasteiger partial charge < -0.3 is 10.6 Å². The van der Waals surface area contributed by atoms with Crippen molar-refractivity contribution in [2.45, 2.75) is 31.4 Å². The van der Waals surface area contributed by atoms with E-state index in [0.717, 1.165) is 32.0 Å². The molecule has 0 aromatic heterocycles. The van der Waals surface area contributed by atoms with Gasteiger partial charge in [0.1, 0.15) is 0 Å². The molecule has 16 heavy (non-hydrogen) atoms. The van der Waals surface area contributed by atoms with Gasteiger partial charge in [-0.15, -0.1) is 12.4 Å². The minimum Gasteiger partial charge on any atom is -0.355 e. The summed E-state index contributed by atoms with van der Waals surface area (Å²) in [7, 11) is 0. The maximum atomic E-state index is 11.5. The van der Waals surface area contributed by atoms with E-state index >= 15 is 0 Å². The molecule has 1 saturated heterocycles. The first-order valence-corrected chi connectivity index (χ1v) is 7.04. The van der Waals surface area contributed by atoms with Crippen LogP contribution in [0.1, 0.15) is 26.2 Å². The monoisotopic (exact) mass is 266 g/mol. The van der Waals surface area contributed by atoms with Crippen LogP contribution in [0.25, 0.3) is 0 Å². The predicted octanol–water partition coefficient (Wildman–Crippen LogP) is 1.67. The van der Waals surface area contributed by atoms with Gasteiger partial charge >= 0.3 is 0 Å². The molecule has 1 aliphatic rings. The van der Waals surface area contributed by atoms with Crippen LogP contribution in [-0.2, 0) is 4.79 Å². The maximum Gasteiger partial charge on any atom is 0.232 e. The standard InChI is InChI=1S/C11H22N2OS.ClH/c1-9(15-2)11(14)13-7-5-10-4-3-6-12-8-10;/h9-10,12H,3-8H2,1-2H3,(H,13,14);1H. The van der Waals surface area contributed by atoms with Gasteiger partial charge in [-0.25, -0.2) is 0 Å². The lowest BCUT2D eigenvalue weighted by molar-refractivity contribution is -0.120. The second-order valence-corrected chi connectivity index (χ2v) is 5.35. The van der Waals surface area contributed by atoms with Crippen molar-refractivity contribution in [3.8, 4) is 0 Å². The lowest BCUT2D eigenvalue weighted by Gasteiger charge is -2.22. The van der Waals surface area contributed by atoms with Crippen LogP contribution in [0, 0.1) is 5.92 Å². The van der Waals surface area contributed by atoms with Crippen molar-refractivity contribution in [3.05, 3.63) is 0 Å². The normalized spacial score (nSPS) is 22.0. The van der Waals surface area contributed by atoms with Crippen LogP contribution in [0.2, 0.25) is 0 Å². The summed E-state index contributed by atoms with van der Waals surface area (Å²) in [6.45, 7) is 5.05. The van der Waals surface area contributed by atoms with Crippen LogP contribution in [-0.4, -0.2) is 37.0 Å². The molecule has 1 aliphatic heterocycles. The number of carbonyl (C=O) groups is 1. The van der Waals surface area contributed by atoms with Crippen molar-refractivity contribution in [1.82, 2.24) is 10.6 Å². The number of amides is 1. The average Bonchev–Trinajstić information content (AvgIpc) is 2.29. The summed E-state index contributed by atoms with van der Waals surface area (Å²) in [5.41, 5.74) is 0. The molecule has 3 nitrogen and oxygen atoms in total. The molecule has 0 spiro atoms. The Morgan fingerprint density at radius 1 is 1.62 bits per heavy atom. The van der Waals surface area contributed by atoms with Gasteiger partial charge in [0, 0.05) is 6.54 Å². The van der Waals surface area contributed by atoms with E-state index in [1.165, 1.54) is 12.8 Å². The van der Waals surface area contributed by atoms with Crippen molar-refractivity contribution in [2.75, 3.05) is 25.9 Å². The molecule has 0 aromatic carbocycles. The van der Waals surface area contributed by atoms with Gasteiger partial charge in [-0.2, -0.15) is 11.8 Å². The third kappa shape index (κ3) is 5.97. The van der Waals surface area contributed by atoms with Crippen LogP contribution in [0.5, 0.6) is 0 Å². The van der Waals surface area contributed by atoms with Crippen molar-refractivity contribution < 1.29 is 4.79 Å². The molecule has 1 heterocycles. The molecule has 0 saturated carbocycles. The van der Waals surface area contributed by atoms with Crippen LogP contribution >= 0.6 is 24.2 Å². The fourth-order valence-electron chi connectivity index (χ4n) is 1.82. The quantitative estimate of drug-likeness (QED) is 0.795. The zero-order chi connectivity index (χ0) is 11.1. The first-order chi connectivity index (χ1) is 7.24. The van der Waals surface area contributed by atoms with Gasteiger partial charge in [-0.1, -0.05) is 0 Å². The largest absolute Gasteiger partial charge is 0.355 e. The molecule has 5 heteroatoms. The lowest BCUT2D eigenvalue weighted by atomic mass is 9.96. The highest BCUT2D eigenvalue weighted by molar-refractivity contribution is 7.99. The smallest absolute Gasteiger partial charge is 0.232 e. The van der Waals surface area contributed by atoms with E-state index in [1.54, 1.807) is 11.8 Å². The maximum absolute atomic E-state index is 11.5. The molecule has 1 rings (SSSR count). The van der Waals surface area contributed by atoms with Gasteiger partial charge in [-0.05, 0) is 51.4 Å².